The first-order chi connectivity index (χ1) is 10.2. The van der Waals surface area contributed by atoms with Crippen molar-refractivity contribution in [3.8, 4) is 11.8 Å². The SMILES string of the molecule is COc1cc(CNC2CCCCC2C(C)C)ccc1C#N. The molecule has 2 rings (SSSR count). The summed E-state index contributed by atoms with van der Waals surface area (Å²) in [5, 5.41) is 12.7. The molecule has 21 heavy (non-hydrogen) atoms. The molecule has 2 atom stereocenters. The lowest BCUT2D eigenvalue weighted by Gasteiger charge is -2.35. The predicted octanol–water partition coefficient (Wildman–Crippen LogP) is 3.87. The third kappa shape index (κ3) is 3.98. The van der Waals surface area contributed by atoms with Gasteiger partial charge in [-0.1, -0.05) is 32.8 Å². The zero-order chi connectivity index (χ0) is 15.2. The summed E-state index contributed by atoms with van der Waals surface area (Å²) < 4.78 is 5.28. The maximum atomic E-state index is 9.02. The zero-order valence-electron chi connectivity index (χ0n) is 13.4. The number of nitriles is 1. The summed E-state index contributed by atoms with van der Waals surface area (Å²) in [6.07, 6.45) is 5.31. The standard InChI is InChI=1S/C18H26N2O/c1-13(2)16-6-4-5-7-17(16)20-12-14-8-9-15(11-19)18(10-14)21-3/h8-10,13,16-17,20H,4-7,12H2,1-3H3. The van der Waals surface area contributed by atoms with E-state index in [0.29, 0.717) is 17.4 Å². The highest BCUT2D eigenvalue weighted by atomic mass is 16.5. The van der Waals surface area contributed by atoms with Gasteiger partial charge in [-0.25, -0.2) is 0 Å². The smallest absolute Gasteiger partial charge is 0.136 e. The molecule has 0 radical (unpaired) electrons. The Labute approximate surface area is 128 Å². The van der Waals surface area contributed by atoms with Gasteiger partial charge in [0.2, 0.25) is 0 Å². The Morgan fingerprint density at radius 1 is 1.33 bits per heavy atom. The van der Waals surface area contributed by atoms with Crippen molar-refractivity contribution in [1.82, 2.24) is 5.32 Å². The normalized spacial score (nSPS) is 22.0. The average Bonchev–Trinajstić information content (AvgIpc) is 2.52. The molecule has 1 N–H and O–H groups in total. The molecule has 1 aromatic carbocycles. The molecule has 0 spiro atoms. The minimum atomic E-state index is 0.596. The van der Waals surface area contributed by atoms with Gasteiger partial charge in [0, 0.05) is 12.6 Å². The van der Waals surface area contributed by atoms with Crippen molar-refractivity contribution in [3.05, 3.63) is 29.3 Å². The first-order valence-electron chi connectivity index (χ1n) is 7.96. The van der Waals surface area contributed by atoms with Gasteiger partial charge in [0.15, 0.2) is 0 Å². The highest BCUT2D eigenvalue weighted by Gasteiger charge is 2.26. The summed E-state index contributed by atoms with van der Waals surface area (Å²) in [6, 6.07) is 8.60. The molecule has 0 heterocycles. The second-order valence-electron chi connectivity index (χ2n) is 6.33. The largest absolute Gasteiger partial charge is 0.495 e. The molecule has 1 aliphatic carbocycles. The fraction of sp³-hybridized carbons (Fsp3) is 0.611. The topological polar surface area (TPSA) is 45.0 Å². The summed E-state index contributed by atoms with van der Waals surface area (Å²) in [4.78, 5) is 0. The van der Waals surface area contributed by atoms with Crippen LogP contribution in [0.15, 0.2) is 18.2 Å². The predicted molar refractivity (Wildman–Crippen MR) is 85.1 cm³/mol. The van der Waals surface area contributed by atoms with Crippen LogP contribution in [0.1, 0.15) is 50.7 Å². The Morgan fingerprint density at radius 3 is 2.76 bits per heavy atom. The van der Waals surface area contributed by atoms with E-state index in [2.05, 4.69) is 25.2 Å². The van der Waals surface area contributed by atoms with Crippen LogP contribution in [0.3, 0.4) is 0 Å². The molecule has 0 saturated heterocycles. The van der Waals surface area contributed by atoms with Crippen molar-refractivity contribution in [2.45, 2.75) is 52.1 Å². The highest BCUT2D eigenvalue weighted by molar-refractivity contribution is 5.45. The average molecular weight is 286 g/mol. The fourth-order valence-electron chi connectivity index (χ4n) is 3.40. The number of ether oxygens (including phenoxy) is 1. The molecular formula is C18H26N2O. The Balaban J connectivity index is 2.00. The monoisotopic (exact) mass is 286 g/mol. The van der Waals surface area contributed by atoms with Crippen molar-refractivity contribution in [2.24, 2.45) is 11.8 Å². The van der Waals surface area contributed by atoms with Crippen molar-refractivity contribution < 1.29 is 4.74 Å². The number of hydrogen-bond acceptors (Lipinski definition) is 3. The van der Waals surface area contributed by atoms with E-state index in [-0.39, 0.29) is 0 Å². The first-order valence-corrected chi connectivity index (χ1v) is 7.96. The second kappa shape index (κ2) is 7.47. The van der Waals surface area contributed by atoms with Gasteiger partial charge >= 0.3 is 0 Å². The molecule has 114 valence electrons. The Bertz CT molecular complexity index is 504. The van der Waals surface area contributed by atoms with Gasteiger partial charge in [-0.2, -0.15) is 5.26 Å². The quantitative estimate of drug-likeness (QED) is 0.893. The lowest BCUT2D eigenvalue weighted by molar-refractivity contribution is 0.204. The van der Waals surface area contributed by atoms with Gasteiger partial charge in [-0.15, -0.1) is 0 Å². The highest BCUT2D eigenvalue weighted by Crippen LogP contribution is 2.30. The van der Waals surface area contributed by atoms with E-state index >= 15 is 0 Å². The summed E-state index contributed by atoms with van der Waals surface area (Å²) in [5.41, 5.74) is 1.78. The van der Waals surface area contributed by atoms with Gasteiger partial charge in [0.1, 0.15) is 11.8 Å². The van der Waals surface area contributed by atoms with Crippen LogP contribution < -0.4 is 10.1 Å². The van der Waals surface area contributed by atoms with Crippen LogP contribution in [0.25, 0.3) is 0 Å². The molecule has 1 aliphatic rings. The van der Waals surface area contributed by atoms with E-state index in [0.717, 1.165) is 18.4 Å². The second-order valence-corrected chi connectivity index (χ2v) is 6.33. The molecule has 0 aliphatic heterocycles. The molecule has 2 unspecified atom stereocenters. The maximum absolute atomic E-state index is 9.02. The van der Waals surface area contributed by atoms with E-state index in [1.807, 2.05) is 18.2 Å². The summed E-state index contributed by atoms with van der Waals surface area (Å²) in [7, 11) is 1.61. The van der Waals surface area contributed by atoms with E-state index in [1.54, 1.807) is 7.11 Å². The van der Waals surface area contributed by atoms with E-state index in [4.69, 9.17) is 10.00 Å². The number of rotatable bonds is 5. The molecule has 3 nitrogen and oxygen atoms in total. The lowest BCUT2D eigenvalue weighted by Crippen LogP contribution is -2.40. The Hall–Kier alpha value is -1.53. The number of nitrogens with one attached hydrogen (secondary N) is 1. The van der Waals surface area contributed by atoms with Gasteiger partial charge in [-0.05, 0) is 42.4 Å². The zero-order valence-corrected chi connectivity index (χ0v) is 13.4. The Morgan fingerprint density at radius 2 is 2.10 bits per heavy atom. The molecule has 0 aromatic heterocycles. The molecular weight excluding hydrogens is 260 g/mol. The van der Waals surface area contributed by atoms with Gasteiger partial charge in [-0.3, -0.25) is 0 Å². The molecule has 0 amide bonds. The van der Waals surface area contributed by atoms with E-state index < -0.39 is 0 Å². The van der Waals surface area contributed by atoms with E-state index in [1.165, 1.54) is 31.2 Å². The first kappa shape index (κ1) is 15.9. The number of nitrogens with zero attached hydrogens (tertiary/aromatic N) is 1. The maximum Gasteiger partial charge on any atom is 0.136 e. The van der Waals surface area contributed by atoms with Crippen molar-refractivity contribution in [2.75, 3.05) is 7.11 Å². The van der Waals surface area contributed by atoms with Gasteiger partial charge < -0.3 is 10.1 Å². The third-order valence-electron chi connectivity index (χ3n) is 4.63. The summed E-state index contributed by atoms with van der Waals surface area (Å²) in [6.45, 7) is 5.50. The van der Waals surface area contributed by atoms with Gasteiger partial charge in [0.05, 0.1) is 12.7 Å². The molecule has 1 saturated carbocycles. The van der Waals surface area contributed by atoms with Crippen LogP contribution in [0.5, 0.6) is 5.75 Å². The van der Waals surface area contributed by atoms with Crippen LogP contribution in [0.2, 0.25) is 0 Å². The third-order valence-corrected chi connectivity index (χ3v) is 4.63. The van der Waals surface area contributed by atoms with Crippen LogP contribution in [0.4, 0.5) is 0 Å². The van der Waals surface area contributed by atoms with Crippen LogP contribution in [-0.2, 0) is 6.54 Å². The minimum absolute atomic E-state index is 0.596. The molecule has 1 aromatic rings. The fourth-order valence-corrected chi connectivity index (χ4v) is 3.40. The lowest BCUT2D eigenvalue weighted by atomic mass is 9.78. The number of methoxy groups -OCH3 is 1. The molecule has 0 bridgehead atoms. The van der Waals surface area contributed by atoms with Crippen molar-refractivity contribution >= 4 is 0 Å². The summed E-state index contributed by atoms with van der Waals surface area (Å²) in [5.74, 6) is 2.18. The van der Waals surface area contributed by atoms with Gasteiger partial charge in [0.25, 0.3) is 0 Å². The number of benzene rings is 1. The van der Waals surface area contributed by atoms with Crippen molar-refractivity contribution in [1.29, 1.82) is 5.26 Å². The van der Waals surface area contributed by atoms with Crippen LogP contribution in [-0.4, -0.2) is 13.2 Å². The summed E-state index contributed by atoms with van der Waals surface area (Å²) >= 11 is 0. The molecule has 3 heteroatoms. The molecule has 1 fully saturated rings. The number of hydrogen-bond donors (Lipinski definition) is 1. The van der Waals surface area contributed by atoms with Crippen molar-refractivity contribution in [3.63, 3.8) is 0 Å². The van der Waals surface area contributed by atoms with Crippen LogP contribution >= 0.6 is 0 Å². The Kier molecular flexibility index (Phi) is 5.64. The minimum Gasteiger partial charge on any atom is -0.495 e. The van der Waals surface area contributed by atoms with Crippen LogP contribution in [0, 0.1) is 23.2 Å². The van der Waals surface area contributed by atoms with E-state index in [9.17, 15) is 0 Å².